The number of fused-ring (bicyclic) bond motifs is 1. The highest BCUT2D eigenvalue weighted by Crippen LogP contribution is 2.30. The van der Waals surface area contributed by atoms with Gasteiger partial charge in [-0.2, -0.15) is 5.10 Å². The summed E-state index contributed by atoms with van der Waals surface area (Å²) in [6, 6.07) is 6.23. The summed E-state index contributed by atoms with van der Waals surface area (Å²) in [5, 5.41) is 4.38. The van der Waals surface area contributed by atoms with Crippen LogP contribution >= 0.6 is 0 Å². The van der Waals surface area contributed by atoms with E-state index in [-0.39, 0.29) is 11.6 Å². The van der Waals surface area contributed by atoms with Gasteiger partial charge in [0.25, 0.3) is 0 Å². The zero-order valence-electron chi connectivity index (χ0n) is 10.1. The van der Waals surface area contributed by atoms with Gasteiger partial charge in [0.15, 0.2) is 5.78 Å². The Morgan fingerprint density at radius 3 is 2.94 bits per heavy atom. The average Bonchev–Trinajstić information content (AvgIpc) is 2.69. The van der Waals surface area contributed by atoms with Gasteiger partial charge in [-0.1, -0.05) is 12.1 Å². The molecule has 1 aromatic carbocycles. The molecule has 4 heteroatoms. The number of halogens is 1. The second-order valence-corrected chi connectivity index (χ2v) is 4.58. The van der Waals surface area contributed by atoms with E-state index in [2.05, 4.69) is 5.10 Å². The van der Waals surface area contributed by atoms with Crippen molar-refractivity contribution in [3.63, 3.8) is 0 Å². The number of Topliss-reactive ketones (excluding diaryl/α,β-unsaturated/α-hetero) is 1. The van der Waals surface area contributed by atoms with Gasteiger partial charge in [-0.25, -0.2) is 4.39 Å². The van der Waals surface area contributed by atoms with Crippen LogP contribution < -0.4 is 0 Å². The first-order chi connectivity index (χ1) is 8.66. The fourth-order valence-electron chi connectivity index (χ4n) is 2.52. The maximum Gasteiger partial charge on any atom is 0.166 e. The summed E-state index contributed by atoms with van der Waals surface area (Å²) in [7, 11) is 1.83. The predicted molar refractivity (Wildman–Crippen MR) is 65.9 cm³/mol. The molecule has 0 aliphatic heterocycles. The number of hydrogen-bond acceptors (Lipinski definition) is 2. The van der Waals surface area contributed by atoms with Crippen LogP contribution in [-0.2, 0) is 13.5 Å². The molecule has 3 rings (SSSR count). The molecular formula is C14H13FN2O. The van der Waals surface area contributed by atoms with Gasteiger partial charge in [-0.05, 0) is 25.0 Å². The molecule has 18 heavy (non-hydrogen) atoms. The Balaban J connectivity index is 2.22. The minimum atomic E-state index is -0.310. The van der Waals surface area contributed by atoms with Crippen LogP contribution in [0.15, 0.2) is 24.3 Å². The lowest BCUT2D eigenvalue weighted by molar-refractivity contribution is 0.0972. The second kappa shape index (κ2) is 4.05. The van der Waals surface area contributed by atoms with Crippen molar-refractivity contribution in [3.8, 4) is 11.3 Å². The summed E-state index contributed by atoms with van der Waals surface area (Å²) in [5.74, 6) is -0.196. The molecule has 0 bridgehead atoms. The first kappa shape index (κ1) is 11.1. The number of ketones is 1. The molecule has 2 aromatic rings. The smallest absolute Gasteiger partial charge is 0.166 e. The molecule has 1 aliphatic carbocycles. The summed E-state index contributed by atoms with van der Waals surface area (Å²) >= 11 is 0. The highest BCUT2D eigenvalue weighted by atomic mass is 19.1. The van der Waals surface area contributed by atoms with Gasteiger partial charge >= 0.3 is 0 Å². The minimum Gasteiger partial charge on any atom is -0.294 e. The first-order valence-electron chi connectivity index (χ1n) is 6.02. The summed E-state index contributed by atoms with van der Waals surface area (Å²) in [6.07, 6.45) is 2.29. The van der Waals surface area contributed by atoms with E-state index < -0.39 is 0 Å². The number of nitrogens with zero attached hydrogens (tertiary/aromatic N) is 2. The SMILES string of the molecule is Cn1nc(-c2cccc(F)c2)c2c1CCCC2=O. The largest absolute Gasteiger partial charge is 0.294 e. The zero-order valence-corrected chi connectivity index (χ0v) is 10.1. The van der Waals surface area contributed by atoms with Gasteiger partial charge in [0, 0.05) is 24.7 Å². The third-order valence-electron chi connectivity index (χ3n) is 3.36. The molecule has 0 radical (unpaired) electrons. The van der Waals surface area contributed by atoms with E-state index >= 15 is 0 Å². The van der Waals surface area contributed by atoms with E-state index in [1.165, 1.54) is 12.1 Å². The van der Waals surface area contributed by atoms with E-state index in [0.717, 1.165) is 18.5 Å². The maximum absolute atomic E-state index is 13.3. The van der Waals surface area contributed by atoms with Crippen LogP contribution in [0.3, 0.4) is 0 Å². The highest BCUT2D eigenvalue weighted by molar-refractivity contribution is 6.03. The molecule has 0 N–H and O–H groups in total. The number of hydrogen-bond donors (Lipinski definition) is 0. The zero-order chi connectivity index (χ0) is 12.7. The minimum absolute atomic E-state index is 0.114. The number of aromatic nitrogens is 2. The van der Waals surface area contributed by atoms with Crippen molar-refractivity contribution in [2.24, 2.45) is 7.05 Å². The Kier molecular flexibility index (Phi) is 2.51. The second-order valence-electron chi connectivity index (χ2n) is 4.58. The quantitative estimate of drug-likeness (QED) is 0.773. The summed E-state index contributed by atoms with van der Waals surface area (Å²) in [6.45, 7) is 0. The molecule has 1 aromatic heterocycles. The van der Waals surface area contributed by atoms with E-state index in [0.29, 0.717) is 23.2 Å². The third-order valence-corrected chi connectivity index (χ3v) is 3.36. The highest BCUT2D eigenvalue weighted by Gasteiger charge is 2.26. The lowest BCUT2D eigenvalue weighted by Gasteiger charge is -2.11. The predicted octanol–water partition coefficient (Wildman–Crippen LogP) is 2.75. The normalized spacial score (nSPS) is 14.7. The summed E-state index contributed by atoms with van der Waals surface area (Å²) in [4.78, 5) is 12.0. The van der Waals surface area contributed by atoms with Crippen LogP contribution in [0.4, 0.5) is 4.39 Å². The fourth-order valence-corrected chi connectivity index (χ4v) is 2.52. The van der Waals surface area contributed by atoms with Crippen molar-refractivity contribution in [1.82, 2.24) is 9.78 Å². The molecule has 0 spiro atoms. The molecule has 1 heterocycles. The number of carbonyl (C=O) groups is 1. The fraction of sp³-hybridized carbons (Fsp3) is 0.286. The van der Waals surface area contributed by atoms with Gasteiger partial charge in [-0.15, -0.1) is 0 Å². The van der Waals surface area contributed by atoms with E-state index in [1.807, 2.05) is 7.05 Å². The third kappa shape index (κ3) is 1.65. The Morgan fingerprint density at radius 2 is 2.17 bits per heavy atom. The van der Waals surface area contributed by atoms with Crippen molar-refractivity contribution >= 4 is 5.78 Å². The van der Waals surface area contributed by atoms with E-state index in [1.54, 1.807) is 16.8 Å². The molecule has 0 unspecified atom stereocenters. The number of benzene rings is 1. The Bertz CT molecular complexity index is 631. The van der Waals surface area contributed by atoms with Crippen molar-refractivity contribution < 1.29 is 9.18 Å². The Labute approximate surface area is 104 Å². The molecule has 0 saturated heterocycles. The molecule has 0 saturated carbocycles. The topological polar surface area (TPSA) is 34.9 Å². The van der Waals surface area contributed by atoms with Crippen LogP contribution in [0.2, 0.25) is 0 Å². The average molecular weight is 244 g/mol. The van der Waals surface area contributed by atoms with Crippen molar-refractivity contribution in [3.05, 3.63) is 41.3 Å². The standard InChI is InChI=1S/C14H13FN2O/c1-17-11-6-3-7-12(18)13(11)14(16-17)9-4-2-5-10(15)8-9/h2,4-5,8H,3,6-7H2,1H3. The molecule has 92 valence electrons. The van der Waals surface area contributed by atoms with Crippen LogP contribution in [0.5, 0.6) is 0 Å². The molecule has 0 amide bonds. The molecule has 3 nitrogen and oxygen atoms in total. The molecule has 1 aliphatic rings. The van der Waals surface area contributed by atoms with Gasteiger partial charge in [-0.3, -0.25) is 9.48 Å². The van der Waals surface area contributed by atoms with E-state index in [9.17, 15) is 9.18 Å². The number of rotatable bonds is 1. The lowest BCUT2D eigenvalue weighted by Crippen LogP contribution is -2.12. The van der Waals surface area contributed by atoms with Gasteiger partial charge in [0.05, 0.1) is 5.56 Å². The Morgan fingerprint density at radius 1 is 1.33 bits per heavy atom. The van der Waals surface area contributed by atoms with Crippen molar-refractivity contribution in [1.29, 1.82) is 0 Å². The van der Waals surface area contributed by atoms with Crippen molar-refractivity contribution in [2.75, 3.05) is 0 Å². The van der Waals surface area contributed by atoms with Crippen LogP contribution in [-0.4, -0.2) is 15.6 Å². The van der Waals surface area contributed by atoms with Crippen molar-refractivity contribution in [2.45, 2.75) is 19.3 Å². The number of carbonyl (C=O) groups excluding carboxylic acids is 1. The molecule has 0 atom stereocenters. The van der Waals surface area contributed by atoms with Gasteiger partial charge in [0.1, 0.15) is 11.5 Å². The molecule has 0 fully saturated rings. The van der Waals surface area contributed by atoms with E-state index in [4.69, 9.17) is 0 Å². The summed E-state index contributed by atoms with van der Waals surface area (Å²) in [5.41, 5.74) is 2.92. The maximum atomic E-state index is 13.3. The monoisotopic (exact) mass is 244 g/mol. The Hall–Kier alpha value is -1.97. The van der Waals surface area contributed by atoms with Crippen LogP contribution in [0.25, 0.3) is 11.3 Å². The lowest BCUT2D eigenvalue weighted by atomic mass is 9.92. The van der Waals surface area contributed by atoms with Crippen LogP contribution in [0.1, 0.15) is 28.9 Å². The van der Waals surface area contributed by atoms with Gasteiger partial charge in [0.2, 0.25) is 0 Å². The molecular weight excluding hydrogens is 231 g/mol. The van der Waals surface area contributed by atoms with Gasteiger partial charge < -0.3 is 0 Å². The first-order valence-corrected chi connectivity index (χ1v) is 6.02. The number of aryl methyl sites for hydroxylation is 1. The summed E-state index contributed by atoms with van der Waals surface area (Å²) < 4.78 is 15.0. The van der Waals surface area contributed by atoms with Crippen LogP contribution in [0, 0.1) is 5.82 Å².